The number of carboxylic acid groups (broad SMARTS) is 2. The largest absolute Gasteiger partial charge is 0.477 e. The summed E-state index contributed by atoms with van der Waals surface area (Å²) in [4.78, 5) is 31.2. The third kappa shape index (κ3) is 3.19. The van der Waals surface area contributed by atoms with Gasteiger partial charge in [0.05, 0.1) is 0 Å². The van der Waals surface area contributed by atoms with Crippen LogP contribution in [0.1, 0.15) is 26.8 Å². The topological polar surface area (TPSA) is 172 Å². The molecule has 3 aromatic heterocycles. The standard InChI is InChI=1S/C14H14N8O4/c1-22-8(4-6-16-14-18-20-21-19-14)17-9(11(22)13(25)26)7-3-2-5-15-10(7)12(23)24/h2-3,5H,4,6H2,1H3,(H,23,24)(H,25,26)(H2,16,18,19,20,21). The van der Waals surface area contributed by atoms with Gasteiger partial charge in [-0.25, -0.2) is 19.6 Å². The van der Waals surface area contributed by atoms with Crippen LogP contribution < -0.4 is 5.32 Å². The van der Waals surface area contributed by atoms with Crippen LogP contribution >= 0.6 is 0 Å². The number of nitrogens with one attached hydrogen (secondary N) is 2. The van der Waals surface area contributed by atoms with Gasteiger partial charge in [-0.2, -0.15) is 5.21 Å². The Labute approximate surface area is 145 Å². The van der Waals surface area contributed by atoms with Gasteiger partial charge >= 0.3 is 11.9 Å². The van der Waals surface area contributed by atoms with E-state index in [1.54, 1.807) is 7.05 Å². The monoisotopic (exact) mass is 358 g/mol. The number of hydrogen-bond donors (Lipinski definition) is 4. The molecule has 134 valence electrons. The summed E-state index contributed by atoms with van der Waals surface area (Å²) in [5.74, 6) is -1.72. The third-order valence-corrected chi connectivity index (χ3v) is 3.63. The van der Waals surface area contributed by atoms with Gasteiger partial charge in [0.2, 0.25) is 0 Å². The summed E-state index contributed by atoms with van der Waals surface area (Å²) in [6.45, 7) is 0.377. The van der Waals surface area contributed by atoms with Crippen LogP contribution in [0.25, 0.3) is 11.3 Å². The molecule has 3 aromatic rings. The van der Waals surface area contributed by atoms with E-state index in [2.05, 4.69) is 35.9 Å². The Kier molecular flexibility index (Phi) is 4.55. The Morgan fingerprint density at radius 3 is 2.77 bits per heavy atom. The van der Waals surface area contributed by atoms with E-state index in [0.29, 0.717) is 24.7 Å². The van der Waals surface area contributed by atoms with E-state index in [-0.39, 0.29) is 22.6 Å². The van der Waals surface area contributed by atoms with Crippen molar-refractivity contribution < 1.29 is 19.8 Å². The van der Waals surface area contributed by atoms with Crippen LogP contribution in [0.5, 0.6) is 0 Å². The van der Waals surface area contributed by atoms with Gasteiger partial charge in [0.15, 0.2) is 11.4 Å². The van der Waals surface area contributed by atoms with Crippen LogP contribution in [0, 0.1) is 0 Å². The average Bonchev–Trinajstić information content (AvgIpc) is 3.23. The molecule has 12 nitrogen and oxygen atoms in total. The minimum absolute atomic E-state index is 0.0556. The second-order valence-corrected chi connectivity index (χ2v) is 5.21. The molecule has 3 heterocycles. The molecule has 0 saturated heterocycles. The average molecular weight is 358 g/mol. The minimum Gasteiger partial charge on any atom is -0.477 e. The molecule has 0 bridgehead atoms. The van der Waals surface area contributed by atoms with Crippen molar-refractivity contribution in [2.75, 3.05) is 11.9 Å². The predicted octanol–water partition coefficient (Wildman–Crippen LogP) is 0.0462. The molecule has 0 atom stereocenters. The van der Waals surface area contributed by atoms with Crippen LogP contribution in [0.4, 0.5) is 5.95 Å². The van der Waals surface area contributed by atoms with Crippen molar-refractivity contribution >= 4 is 17.9 Å². The Bertz CT molecular complexity index is 950. The summed E-state index contributed by atoms with van der Waals surface area (Å²) >= 11 is 0. The Morgan fingerprint density at radius 1 is 1.31 bits per heavy atom. The van der Waals surface area contributed by atoms with Gasteiger partial charge in [0.25, 0.3) is 5.95 Å². The van der Waals surface area contributed by atoms with E-state index in [1.807, 2.05) is 0 Å². The number of H-pyrrole nitrogens is 1. The first kappa shape index (κ1) is 17.0. The highest BCUT2D eigenvalue weighted by atomic mass is 16.4. The number of anilines is 1. The number of carbonyl (C=O) groups is 2. The van der Waals surface area contributed by atoms with E-state index < -0.39 is 11.9 Å². The van der Waals surface area contributed by atoms with Crippen molar-refractivity contribution in [1.82, 2.24) is 35.2 Å². The van der Waals surface area contributed by atoms with E-state index >= 15 is 0 Å². The number of tetrazole rings is 1. The zero-order valence-electron chi connectivity index (χ0n) is 13.5. The number of aromatic nitrogens is 7. The first-order valence-electron chi connectivity index (χ1n) is 7.44. The maximum absolute atomic E-state index is 11.7. The molecule has 12 heteroatoms. The summed E-state index contributed by atoms with van der Waals surface area (Å²) in [7, 11) is 1.56. The van der Waals surface area contributed by atoms with Crippen LogP contribution in [0.2, 0.25) is 0 Å². The van der Waals surface area contributed by atoms with Crippen molar-refractivity contribution in [2.24, 2.45) is 7.05 Å². The summed E-state index contributed by atoms with van der Waals surface area (Å²) in [6, 6.07) is 3.01. The minimum atomic E-state index is -1.26. The molecule has 0 aliphatic heterocycles. The molecule has 0 aromatic carbocycles. The predicted molar refractivity (Wildman–Crippen MR) is 86.7 cm³/mol. The van der Waals surface area contributed by atoms with Crippen molar-refractivity contribution in [3.8, 4) is 11.3 Å². The van der Waals surface area contributed by atoms with Gasteiger partial charge in [0, 0.05) is 31.8 Å². The zero-order valence-corrected chi connectivity index (χ0v) is 13.5. The molecule has 0 aliphatic carbocycles. The molecule has 0 radical (unpaired) electrons. The number of nitrogens with zero attached hydrogens (tertiary/aromatic N) is 6. The van der Waals surface area contributed by atoms with Crippen molar-refractivity contribution in [2.45, 2.75) is 6.42 Å². The van der Waals surface area contributed by atoms with Crippen LogP contribution in [-0.4, -0.2) is 63.9 Å². The molecule has 0 unspecified atom stereocenters. The molecule has 0 aliphatic rings. The number of hydrogen-bond acceptors (Lipinski definition) is 8. The van der Waals surface area contributed by atoms with Crippen molar-refractivity contribution in [1.29, 1.82) is 0 Å². The summed E-state index contributed by atoms with van der Waals surface area (Å²) < 4.78 is 1.41. The highest BCUT2D eigenvalue weighted by Gasteiger charge is 2.25. The van der Waals surface area contributed by atoms with Gasteiger partial charge in [0.1, 0.15) is 11.5 Å². The maximum atomic E-state index is 11.7. The lowest BCUT2D eigenvalue weighted by Gasteiger charge is -2.04. The smallest absolute Gasteiger partial charge is 0.355 e. The molecular weight excluding hydrogens is 344 g/mol. The second kappa shape index (κ2) is 6.96. The molecule has 26 heavy (non-hydrogen) atoms. The second-order valence-electron chi connectivity index (χ2n) is 5.21. The van der Waals surface area contributed by atoms with Crippen LogP contribution in [0.3, 0.4) is 0 Å². The van der Waals surface area contributed by atoms with Crippen molar-refractivity contribution in [3.63, 3.8) is 0 Å². The van der Waals surface area contributed by atoms with E-state index in [0.717, 1.165) is 0 Å². The Hall–Kier alpha value is -3.83. The first-order chi connectivity index (χ1) is 12.5. The number of imidazole rings is 1. The summed E-state index contributed by atoms with van der Waals surface area (Å²) in [5.41, 5.74) is -0.176. The molecule has 0 fully saturated rings. The van der Waals surface area contributed by atoms with Crippen LogP contribution in [-0.2, 0) is 13.5 Å². The fourth-order valence-corrected chi connectivity index (χ4v) is 2.49. The molecular formula is C14H14N8O4. The number of pyridine rings is 1. The lowest BCUT2D eigenvalue weighted by molar-refractivity contribution is 0.0675. The number of aromatic carboxylic acids is 2. The van der Waals surface area contributed by atoms with Gasteiger partial charge in [-0.3, -0.25) is 0 Å². The highest BCUT2D eigenvalue weighted by Crippen LogP contribution is 2.26. The van der Waals surface area contributed by atoms with Gasteiger partial charge in [-0.1, -0.05) is 5.10 Å². The lowest BCUT2D eigenvalue weighted by Crippen LogP contribution is -2.12. The quantitative estimate of drug-likeness (QED) is 0.452. The van der Waals surface area contributed by atoms with Crippen LogP contribution in [0.15, 0.2) is 18.3 Å². The highest BCUT2D eigenvalue weighted by molar-refractivity contribution is 5.99. The molecule has 0 amide bonds. The van der Waals surface area contributed by atoms with Gasteiger partial charge in [-0.15, -0.1) is 5.10 Å². The lowest BCUT2D eigenvalue weighted by atomic mass is 10.1. The van der Waals surface area contributed by atoms with Gasteiger partial charge in [-0.05, 0) is 17.3 Å². The molecule has 0 saturated carbocycles. The van der Waals surface area contributed by atoms with Crippen molar-refractivity contribution in [3.05, 3.63) is 35.5 Å². The zero-order chi connectivity index (χ0) is 18.7. The fourth-order valence-electron chi connectivity index (χ4n) is 2.49. The van der Waals surface area contributed by atoms with E-state index in [4.69, 9.17) is 0 Å². The summed E-state index contributed by atoms with van der Waals surface area (Å²) in [5, 5.41) is 35.0. The Morgan fingerprint density at radius 2 is 2.12 bits per heavy atom. The third-order valence-electron chi connectivity index (χ3n) is 3.63. The SMILES string of the molecule is Cn1c(CCNc2nn[nH]n2)nc(-c2cccnc2C(=O)O)c1C(=O)O. The number of carboxylic acids is 2. The normalized spacial score (nSPS) is 10.7. The number of rotatable bonds is 7. The maximum Gasteiger partial charge on any atom is 0.355 e. The molecule has 3 rings (SSSR count). The number of aromatic amines is 1. The summed E-state index contributed by atoms with van der Waals surface area (Å²) in [6.07, 6.45) is 1.68. The van der Waals surface area contributed by atoms with E-state index in [1.165, 1.54) is 22.9 Å². The first-order valence-corrected chi connectivity index (χ1v) is 7.44. The molecule has 4 N–H and O–H groups in total. The van der Waals surface area contributed by atoms with E-state index in [9.17, 15) is 19.8 Å². The van der Waals surface area contributed by atoms with Gasteiger partial charge < -0.3 is 20.1 Å². The Balaban J connectivity index is 1.95. The molecule has 0 spiro atoms. The fraction of sp³-hybridized carbons (Fsp3) is 0.214.